The first-order valence-electron chi connectivity index (χ1n) is 8.23. The number of hydrogen-bond acceptors (Lipinski definition) is 5. The third-order valence-electron chi connectivity index (χ3n) is 4.53. The van der Waals surface area contributed by atoms with E-state index in [4.69, 9.17) is 9.47 Å². The molecule has 0 spiro atoms. The van der Waals surface area contributed by atoms with Gasteiger partial charge in [-0.05, 0) is 49.5 Å². The quantitative estimate of drug-likeness (QED) is 0.758. The van der Waals surface area contributed by atoms with Crippen molar-refractivity contribution in [3.05, 3.63) is 24.4 Å². The Balaban J connectivity index is 0.00000182. The molecule has 134 valence electrons. The summed E-state index contributed by atoms with van der Waals surface area (Å²) in [7, 11) is 0. The molecule has 2 aliphatic heterocycles. The van der Waals surface area contributed by atoms with Crippen LogP contribution in [-0.4, -0.2) is 36.0 Å². The van der Waals surface area contributed by atoms with Gasteiger partial charge in [-0.3, -0.25) is 9.89 Å². The van der Waals surface area contributed by atoms with Crippen molar-refractivity contribution in [3.63, 3.8) is 0 Å². The van der Waals surface area contributed by atoms with E-state index in [1.807, 2.05) is 18.2 Å². The lowest BCUT2D eigenvalue weighted by Gasteiger charge is -2.09. The minimum absolute atomic E-state index is 0. The Morgan fingerprint density at radius 2 is 2.20 bits per heavy atom. The maximum Gasteiger partial charge on any atom is 0.231 e. The summed E-state index contributed by atoms with van der Waals surface area (Å²) in [5.74, 6) is 2.67. The fraction of sp³-hybridized carbons (Fsp3) is 0.412. The molecule has 3 heterocycles. The third kappa shape index (κ3) is 3.88. The van der Waals surface area contributed by atoms with Crippen molar-refractivity contribution in [3.8, 4) is 22.6 Å². The molecule has 1 amide bonds. The second kappa shape index (κ2) is 7.76. The SMILES string of the molecule is Cl.O=C(CCC1CCNC1)Nc1[nH]ncc1-c1ccc2c(c1)OCO2. The molecule has 1 atom stereocenters. The zero-order chi connectivity index (χ0) is 16.4. The Morgan fingerprint density at radius 1 is 1.32 bits per heavy atom. The second-order valence-corrected chi connectivity index (χ2v) is 6.17. The molecule has 2 aromatic rings. The van der Waals surface area contributed by atoms with Gasteiger partial charge >= 0.3 is 0 Å². The number of nitrogens with zero attached hydrogens (tertiary/aromatic N) is 1. The van der Waals surface area contributed by atoms with E-state index in [1.165, 1.54) is 0 Å². The van der Waals surface area contributed by atoms with E-state index in [1.54, 1.807) is 6.20 Å². The molecule has 4 rings (SSSR count). The van der Waals surface area contributed by atoms with Crippen molar-refractivity contribution < 1.29 is 14.3 Å². The van der Waals surface area contributed by atoms with Crippen molar-refractivity contribution in [2.45, 2.75) is 19.3 Å². The van der Waals surface area contributed by atoms with Gasteiger partial charge in [0.05, 0.1) is 6.20 Å². The lowest BCUT2D eigenvalue weighted by molar-refractivity contribution is -0.116. The largest absolute Gasteiger partial charge is 0.454 e. The highest BCUT2D eigenvalue weighted by molar-refractivity contribution is 5.94. The van der Waals surface area contributed by atoms with Crippen LogP contribution in [0.3, 0.4) is 0 Å². The van der Waals surface area contributed by atoms with Gasteiger partial charge in [0.2, 0.25) is 12.7 Å². The highest BCUT2D eigenvalue weighted by Gasteiger charge is 2.18. The van der Waals surface area contributed by atoms with E-state index < -0.39 is 0 Å². The predicted molar refractivity (Wildman–Crippen MR) is 96.2 cm³/mol. The monoisotopic (exact) mass is 364 g/mol. The molecule has 7 nitrogen and oxygen atoms in total. The smallest absolute Gasteiger partial charge is 0.231 e. The maximum atomic E-state index is 12.2. The van der Waals surface area contributed by atoms with E-state index in [-0.39, 0.29) is 25.1 Å². The molecule has 0 aliphatic carbocycles. The fourth-order valence-corrected chi connectivity index (χ4v) is 3.16. The molecule has 1 fully saturated rings. The molecule has 0 radical (unpaired) electrons. The van der Waals surface area contributed by atoms with E-state index >= 15 is 0 Å². The van der Waals surface area contributed by atoms with E-state index in [2.05, 4.69) is 20.8 Å². The first-order valence-corrected chi connectivity index (χ1v) is 8.23. The van der Waals surface area contributed by atoms with Crippen LogP contribution in [0.15, 0.2) is 24.4 Å². The molecular weight excluding hydrogens is 344 g/mol. The summed E-state index contributed by atoms with van der Waals surface area (Å²) in [4.78, 5) is 12.2. The number of halogens is 1. The number of carbonyl (C=O) groups excluding carboxylic acids is 1. The van der Waals surface area contributed by atoms with Gasteiger partial charge < -0.3 is 20.1 Å². The van der Waals surface area contributed by atoms with Crippen LogP contribution in [0.25, 0.3) is 11.1 Å². The van der Waals surface area contributed by atoms with Crippen molar-refractivity contribution in [2.75, 3.05) is 25.2 Å². The summed E-state index contributed by atoms with van der Waals surface area (Å²) in [6.07, 6.45) is 4.28. The number of aromatic nitrogens is 2. The highest BCUT2D eigenvalue weighted by Crippen LogP contribution is 2.37. The molecule has 25 heavy (non-hydrogen) atoms. The van der Waals surface area contributed by atoms with Crippen LogP contribution in [0.2, 0.25) is 0 Å². The van der Waals surface area contributed by atoms with Gasteiger partial charge in [-0.15, -0.1) is 12.4 Å². The summed E-state index contributed by atoms with van der Waals surface area (Å²) in [5.41, 5.74) is 1.76. The standard InChI is InChI=1S/C17H20N4O3.ClH/c22-16(4-1-11-5-6-18-8-11)20-17-13(9-19-21-17)12-2-3-14-15(7-12)24-10-23-14;/h2-3,7,9,11,18H,1,4-6,8,10H2,(H2,19,20,21,22);1H. The van der Waals surface area contributed by atoms with Crippen LogP contribution in [-0.2, 0) is 4.79 Å². The molecule has 1 saturated heterocycles. The van der Waals surface area contributed by atoms with E-state index in [0.29, 0.717) is 23.9 Å². The Morgan fingerprint density at radius 3 is 3.04 bits per heavy atom. The average molecular weight is 365 g/mol. The highest BCUT2D eigenvalue weighted by atomic mass is 35.5. The van der Waals surface area contributed by atoms with Crippen molar-refractivity contribution in [2.24, 2.45) is 5.92 Å². The maximum absolute atomic E-state index is 12.2. The molecule has 1 aromatic heterocycles. The van der Waals surface area contributed by atoms with Crippen LogP contribution in [0.1, 0.15) is 19.3 Å². The van der Waals surface area contributed by atoms with E-state index in [0.717, 1.165) is 42.8 Å². The number of fused-ring (bicyclic) bond motifs is 1. The summed E-state index contributed by atoms with van der Waals surface area (Å²) in [6.45, 7) is 2.31. The predicted octanol–water partition coefficient (Wildman–Crippen LogP) is 2.56. The number of benzene rings is 1. The number of anilines is 1. The zero-order valence-corrected chi connectivity index (χ0v) is 14.5. The van der Waals surface area contributed by atoms with Gasteiger partial charge in [0.25, 0.3) is 0 Å². The Hall–Kier alpha value is -2.25. The second-order valence-electron chi connectivity index (χ2n) is 6.17. The number of amides is 1. The Bertz CT molecular complexity index is 743. The van der Waals surface area contributed by atoms with Crippen molar-refractivity contribution in [1.82, 2.24) is 15.5 Å². The minimum Gasteiger partial charge on any atom is -0.454 e. The zero-order valence-electron chi connectivity index (χ0n) is 13.7. The number of nitrogens with one attached hydrogen (secondary N) is 3. The van der Waals surface area contributed by atoms with Gasteiger partial charge in [-0.1, -0.05) is 6.07 Å². The normalized spacial score (nSPS) is 18.0. The van der Waals surface area contributed by atoms with Crippen LogP contribution in [0.4, 0.5) is 5.82 Å². The summed E-state index contributed by atoms with van der Waals surface area (Å²) >= 11 is 0. The van der Waals surface area contributed by atoms with Crippen LogP contribution >= 0.6 is 12.4 Å². The van der Waals surface area contributed by atoms with Gasteiger partial charge in [-0.2, -0.15) is 5.10 Å². The molecule has 0 bridgehead atoms. The number of ether oxygens (including phenoxy) is 2. The number of hydrogen-bond donors (Lipinski definition) is 3. The third-order valence-corrected chi connectivity index (χ3v) is 4.53. The molecule has 1 unspecified atom stereocenters. The van der Waals surface area contributed by atoms with Gasteiger partial charge in [0.15, 0.2) is 11.5 Å². The first-order chi connectivity index (χ1) is 11.8. The molecule has 3 N–H and O–H groups in total. The molecule has 2 aliphatic rings. The van der Waals surface area contributed by atoms with Gasteiger partial charge in [-0.25, -0.2) is 0 Å². The molecular formula is C17H21ClN4O3. The summed E-state index contributed by atoms with van der Waals surface area (Å²) < 4.78 is 10.7. The van der Waals surface area contributed by atoms with Gasteiger partial charge in [0.1, 0.15) is 5.82 Å². The van der Waals surface area contributed by atoms with Crippen LogP contribution in [0, 0.1) is 5.92 Å². The Kier molecular flexibility index (Phi) is 5.45. The number of H-pyrrole nitrogens is 1. The Labute approximate surface area is 151 Å². The molecule has 1 aromatic carbocycles. The van der Waals surface area contributed by atoms with Crippen molar-refractivity contribution >= 4 is 24.1 Å². The van der Waals surface area contributed by atoms with Crippen LogP contribution < -0.4 is 20.1 Å². The minimum atomic E-state index is 0. The summed E-state index contributed by atoms with van der Waals surface area (Å²) in [5, 5.41) is 13.2. The van der Waals surface area contributed by atoms with Gasteiger partial charge in [0, 0.05) is 12.0 Å². The molecule has 0 saturated carbocycles. The first kappa shape index (κ1) is 17.6. The van der Waals surface area contributed by atoms with Crippen LogP contribution in [0.5, 0.6) is 11.5 Å². The number of carbonyl (C=O) groups is 1. The molecule has 8 heteroatoms. The summed E-state index contributed by atoms with van der Waals surface area (Å²) in [6, 6.07) is 5.69. The lowest BCUT2D eigenvalue weighted by Crippen LogP contribution is -2.15. The number of aromatic amines is 1. The average Bonchev–Trinajstić information content (AvgIpc) is 3.33. The van der Waals surface area contributed by atoms with Crippen molar-refractivity contribution in [1.29, 1.82) is 0 Å². The topological polar surface area (TPSA) is 88.3 Å². The number of rotatable bonds is 5. The fourth-order valence-electron chi connectivity index (χ4n) is 3.16. The van der Waals surface area contributed by atoms with E-state index in [9.17, 15) is 4.79 Å². The lowest BCUT2D eigenvalue weighted by atomic mass is 10.0.